The number of fused-ring (bicyclic) bond motifs is 1. The maximum atomic E-state index is 12.6. The van der Waals surface area contributed by atoms with Crippen molar-refractivity contribution in [2.45, 2.75) is 33.7 Å². The third kappa shape index (κ3) is 5.04. The van der Waals surface area contributed by atoms with Crippen LogP contribution in [0.15, 0.2) is 39.3 Å². The summed E-state index contributed by atoms with van der Waals surface area (Å²) in [4.78, 5) is 24.0. The molecule has 0 spiro atoms. The van der Waals surface area contributed by atoms with Crippen LogP contribution in [0.3, 0.4) is 0 Å². The Labute approximate surface area is 196 Å². The Morgan fingerprint density at radius 2 is 1.71 bits per heavy atom. The molecule has 2 N–H and O–H groups in total. The minimum absolute atomic E-state index is 0.249. The van der Waals surface area contributed by atoms with E-state index in [1.165, 1.54) is 0 Å². The standard InChI is InChI=1S/C22H21Br2N3O4/c1-10(2)19(22(29)30)25-21(28)13-7-16(23)20(17(24)8-13)31-14-5-6-18-15(9-14)11(3)12(4)26-27-18/h5-10,19H,1-4H3,(H,25,28)(H,29,30). The first-order valence-corrected chi connectivity index (χ1v) is 11.1. The summed E-state index contributed by atoms with van der Waals surface area (Å²) in [6.07, 6.45) is 0. The van der Waals surface area contributed by atoms with Crippen LogP contribution in [-0.4, -0.2) is 33.2 Å². The molecule has 0 aliphatic rings. The van der Waals surface area contributed by atoms with E-state index >= 15 is 0 Å². The van der Waals surface area contributed by atoms with Crippen molar-refractivity contribution in [1.29, 1.82) is 0 Å². The van der Waals surface area contributed by atoms with Gasteiger partial charge in [-0.25, -0.2) is 4.79 Å². The molecular weight excluding hydrogens is 530 g/mol. The lowest BCUT2D eigenvalue weighted by molar-refractivity contribution is -0.140. The monoisotopic (exact) mass is 549 g/mol. The fourth-order valence-corrected chi connectivity index (χ4v) is 4.36. The minimum atomic E-state index is -1.08. The summed E-state index contributed by atoms with van der Waals surface area (Å²) in [5.41, 5.74) is 2.96. The molecule has 1 atom stereocenters. The quantitative estimate of drug-likeness (QED) is 0.426. The molecule has 3 rings (SSSR count). The Kier molecular flexibility index (Phi) is 6.96. The average Bonchev–Trinajstić information content (AvgIpc) is 2.71. The summed E-state index contributed by atoms with van der Waals surface area (Å²) >= 11 is 6.90. The van der Waals surface area contributed by atoms with Gasteiger partial charge in [-0.1, -0.05) is 13.8 Å². The number of hydrogen-bond acceptors (Lipinski definition) is 5. The van der Waals surface area contributed by atoms with Gasteiger partial charge in [0.15, 0.2) is 5.75 Å². The Balaban J connectivity index is 1.89. The van der Waals surface area contributed by atoms with Gasteiger partial charge in [0.1, 0.15) is 11.8 Å². The number of benzene rings is 2. The molecule has 1 heterocycles. The number of carboxylic acid groups (broad SMARTS) is 1. The van der Waals surface area contributed by atoms with Crippen molar-refractivity contribution in [2.75, 3.05) is 0 Å². The maximum absolute atomic E-state index is 12.6. The zero-order chi connectivity index (χ0) is 22.9. The predicted octanol–water partition coefficient (Wildman–Crippen LogP) is 5.40. The van der Waals surface area contributed by atoms with E-state index in [0.29, 0.717) is 26.0 Å². The van der Waals surface area contributed by atoms with E-state index < -0.39 is 17.9 Å². The third-order valence-corrected chi connectivity index (χ3v) is 6.10. The summed E-state index contributed by atoms with van der Waals surface area (Å²) in [5.74, 6) is -0.712. The molecule has 0 aliphatic carbocycles. The van der Waals surface area contributed by atoms with Crippen LogP contribution in [0.2, 0.25) is 0 Å². The molecule has 1 aromatic heterocycles. The minimum Gasteiger partial charge on any atom is -0.480 e. The number of nitrogens with one attached hydrogen (secondary N) is 1. The van der Waals surface area contributed by atoms with E-state index in [1.54, 1.807) is 32.0 Å². The molecular formula is C22H21Br2N3O4. The van der Waals surface area contributed by atoms with Gasteiger partial charge in [0.05, 0.1) is 20.2 Å². The molecule has 31 heavy (non-hydrogen) atoms. The molecule has 7 nitrogen and oxygen atoms in total. The van der Waals surface area contributed by atoms with Crippen LogP contribution < -0.4 is 10.1 Å². The molecule has 2 aromatic carbocycles. The highest BCUT2D eigenvalue weighted by Crippen LogP contribution is 2.38. The molecule has 0 saturated carbocycles. The number of halogens is 2. The third-order valence-electron chi connectivity index (χ3n) is 4.92. The number of amides is 1. The number of carbonyl (C=O) groups is 2. The lowest BCUT2D eigenvalue weighted by atomic mass is 10.0. The first-order valence-electron chi connectivity index (χ1n) is 9.52. The van der Waals surface area contributed by atoms with Gasteiger partial charge in [0.2, 0.25) is 0 Å². The summed E-state index contributed by atoms with van der Waals surface area (Å²) < 4.78 is 7.16. The molecule has 9 heteroatoms. The van der Waals surface area contributed by atoms with Crippen LogP contribution in [0, 0.1) is 19.8 Å². The van der Waals surface area contributed by atoms with Crippen molar-refractivity contribution in [3.8, 4) is 11.5 Å². The van der Waals surface area contributed by atoms with E-state index in [-0.39, 0.29) is 5.92 Å². The van der Waals surface area contributed by atoms with Gasteiger partial charge in [-0.3, -0.25) is 4.79 Å². The fourth-order valence-electron chi connectivity index (χ4n) is 3.01. The average molecular weight is 551 g/mol. The van der Waals surface area contributed by atoms with Crippen molar-refractivity contribution in [2.24, 2.45) is 5.92 Å². The molecule has 0 fully saturated rings. The van der Waals surface area contributed by atoms with Crippen molar-refractivity contribution >= 4 is 54.6 Å². The second-order valence-corrected chi connectivity index (χ2v) is 9.20. The largest absolute Gasteiger partial charge is 0.480 e. The topological polar surface area (TPSA) is 101 Å². The Morgan fingerprint density at radius 3 is 2.29 bits per heavy atom. The number of aromatic nitrogens is 2. The molecule has 0 aliphatic heterocycles. The number of carbonyl (C=O) groups excluding carboxylic acids is 1. The number of aliphatic carboxylic acids is 1. The zero-order valence-corrected chi connectivity index (χ0v) is 20.5. The molecule has 162 valence electrons. The Hall–Kier alpha value is -2.52. The second-order valence-electron chi connectivity index (χ2n) is 7.49. The molecule has 0 radical (unpaired) electrons. The second kappa shape index (κ2) is 9.32. The normalized spacial score (nSPS) is 12.1. The maximum Gasteiger partial charge on any atom is 0.326 e. The number of nitrogens with zero attached hydrogens (tertiary/aromatic N) is 2. The molecule has 0 bridgehead atoms. The van der Waals surface area contributed by atoms with Gasteiger partial charge in [-0.2, -0.15) is 10.2 Å². The first-order chi connectivity index (χ1) is 14.6. The highest BCUT2D eigenvalue weighted by atomic mass is 79.9. The van der Waals surface area contributed by atoms with E-state index in [4.69, 9.17) is 4.74 Å². The van der Waals surface area contributed by atoms with Gasteiger partial charge in [0, 0.05) is 10.9 Å². The van der Waals surface area contributed by atoms with Crippen molar-refractivity contribution in [1.82, 2.24) is 15.5 Å². The van der Waals surface area contributed by atoms with Gasteiger partial charge in [-0.05, 0) is 87.5 Å². The molecule has 1 unspecified atom stereocenters. The summed E-state index contributed by atoms with van der Waals surface area (Å²) in [6.45, 7) is 7.36. The lowest BCUT2D eigenvalue weighted by Crippen LogP contribution is -2.44. The van der Waals surface area contributed by atoms with Crippen molar-refractivity contribution in [3.63, 3.8) is 0 Å². The van der Waals surface area contributed by atoms with Crippen LogP contribution in [0.1, 0.15) is 35.5 Å². The highest BCUT2D eigenvalue weighted by molar-refractivity contribution is 9.11. The molecule has 1 amide bonds. The van der Waals surface area contributed by atoms with Crippen molar-refractivity contribution < 1.29 is 19.4 Å². The zero-order valence-electron chi connectivity index (χ0n) is 17.4. The fraction of sp³-hybridized carbons (Fsp3) is 0.273. The van der Waals surface area contributed by atoms with E-state index in [0.717, 1.165) is 22.2 Å². The van der Waals surface area contributed by atoms with Gasteiger partial charge in [0.25, 0.3) is 5.91 Å². The summed E-state index contributed by atoms with van der Waals surface area (Å²) in [5, 5.41) is 21.1. The predicted molar refractivity (Wildman–Crippen MR) is 125 cm³/mol. The number of carboxylic acids is 1. The SMILES string of the molecule is Cc1nnc2ccc(Oc3c(Br)cc(C(=O)NC(C(=O)O)C(C)C)cc3Br)cc2c1C. The van der Waals surface area contributed by atoms with Crippen LogP contribution in [0.4, 0.5) is 0 Å². The van der Waals surface area contributed by atoms with Gasteiger partial charge < -0.3 is 15.2 Å². The molecule has 3 aromatic rings. The van der Waals surface area contributed by atoms with Crippen LogP contribution in [0.5, 0.6) is 11.5 Å². The van der Waals surface area contributed by atoms with E-state index in [9.17, 15) is 14.7 Å². The lowest BCUT2D eigenvalue weighted by Gasteiger charge is -2.18. The Bertz CT molecular complexity index is 1160. The van der Waals surface area contributed by atoms with Gasteiger partial charge in [-0.15, -0.1) is 0 Å². The van der Waals surface area contributed by atoms with Crippen LogP contribution in [0.25, 0.3) is 10.9 Å². The highest BCUT2D eigenvalue weighted by Gasteiger charge is 2.25. The smallest absolute Gasteiger partial charge is 0.326 e. The number of ether oxygens (including phenoxy) is 1. The van der Waals surface area contributed by atoms with E-state index in [1.807, 2.05) is 26.0 Å². The van der Waals surface area contributed by atoms with Crippen LogP contribution in [-0.2, 0) is 4.79 Å². The summed E-state index contributed by atoms with van der Waals surface area (Å²) in [7, 11) is 0. The van der Waals surface area contributed by atoms with Crippen LogP contribution >= 0.6 is 31.9 Å². The van der Waals surface area contributed by atoms with Gasteiger partial charge >= 0.3 is 5.97 Å². The van der Waals surface area contributed by atoms with E-state index in [2.05, 4.69) is 47.4 Å². The Morgan fingerprint density at radius 1 is 1.06 bits per heavy atom. The number of aryl methyl sites for hydroxylation is 2. The number of hydrogen-bond donors (Lipinski definition) is 2. The number of rotatable bonds is 6. The first kappa shape index (κ1) is 23.1. The molecule has 0 saturated heterocycles. The summed E-state index contributed by atoms with van der Waals surface area (Å²) in [6, 6.07) is 7.74. The van der Waals surface area contributed by atoms with Crippen molar-refractivity contribution in [3.05, 3.63) is 56.1 Å².